The molecule has 0 aromatic carbocycles. The Morgan fingerprint density at radius 2 is 2.20 bits per heavy atom. The van der Waals surface area contributed by atoms with Gasteiger partial charge in [0.15, 0.2) is 0 Å². The highest BCUT2D eigenvalue weighted by molar-refractivity contribution is 5.99. The summed E-state index contributed by atoms with van der Waals surface area (Å²) in [6.07, 6.45) is 11.4. The maximum absolute atomic E-state index is 12.0. The lowest BCUT2D eigenvalue weighted by atomic mass is 9.95. The molecule has 0 radical (unpaired) electrons. The lowest BCUT2D eigenvalue weighted by Crippen LogP contribution is -2.33. The fourth-order valence-corrected chi connectivity index (χ4v) is 2.16. The summed E-state index contributed by atoms with van der Waals surface area (Å²) in [5.74, 6) is 0.00214. The smallest absolute Gasteiger partial charge is 0.251 e. The van der Waals surface area contributed by atoms with E-state index in [4.69, 9.17) is 0 Å². The van der Waals surface area contributed by atoms with Crippen LogP contribution in [0.2, 0.25) is 0 Å². The summed E-state index contributed by atoms with van der Waals surface area (Å²) >= 11 is 0. The van der Waals surface area contributed by atoms with Crippen molar-refractivity contribution in [1.29, 1.82) is 0 Å². The summed E-state index contributed by atoms with van der Waals surface area (Å²) in [7, 11) is 0. The van der Waals surface area contributed by atoms with Crippen molar-refractivity contribution >= 4 is 5.91 Å². The van der Waals surface area contributed by atoms with Gasteiger partial charge in [-0.2, -0.15) is 0 Å². The molecule has 0 saturated carbocycles. The average molecular weight is 272 g/mol. The SMILES string of the molecule is C=C/C(NC(/C=C\C)=C/C)=C1/CCNC(=O)/C1=C/CC. The van der Waals surface area contributed by atoms with Gasteiger partial charge in [-0.05, 0) is 44.4 Å². The van der Waals surface area contributed by atoms with Gasteiger partial charge in [-0.3, -0.25) is 4.79 Å². The highest BCUT2D eigenvalue weighted by Gasteiger charge is 2.21. The van der Waals surface area contributed by atoms with Gasteiger partial charge >= 0.3 is 0 Å². The summed E-state index contributed by atoms with van der Waals surface area (Å²) in [4.78, 5) is 12.0. The van der Waals surface area contributed by atoms with Crippen molar-refractivity contribution in [2.75, 3.05) is 6.54 Å². The van der Waals surface area contributed by atoms with Crippen molar-refractivity contribution < 1.29 is 4.79 Å². The minimum atomic E-state index is 0.00214. The minimum absolute atomic E-state index is 0.00214. The van der Waals surface area contributed by atoms with Crippen LogP contribution in [0.4, 0.5) is 0 Å². The van der Waals surface area contributed by atoms with Gasteiger partial charge in [0, 0.05) is 23.5 Å². The van der Waals surface area contributed by atoms with E-state index in [1.165, 1.54) is 0 Å². The molecule has 1 heterocycles. The van der Waals surface area contributed by atoms with Crippen LogP contribution in [0.1, 0.15) is 33.6 Å². The van der Waals surface area contributed by atoms with Crippen LogP contribution < -0.4 is 10.6 Å². The van der Waals surface area contributed by atoms with Crippen LogP contribution in [0.25, 0.3) is 0 Å². The Morgan fingerprint density at radius 3 is 2.75 bits per heavy atom. The lowest BCUT2D eigenvalue weighted by Gasteiger charge is -2.22. The van der Waals surface area contributed by atoms with E-state index in [1.807, 2.05) is 45.1 Å². The molecule has 0 aromatic rings. The molecule has 20 heavy (non-hydrogen) atoms. The third-order valence-electron chi connectivity index (χ3n) is 3.10. The number of nitrogens with one attached hydrogen (secondary N) is 2. The fourth-order valence-electron chi connectivity index (χ4n) is 2.16. The molecule has 0 aromatic heterocycles. The first-order valence-electron chi connectivity index (χ1n) is 7.08. The summed E-state index contributed by atoms with van der Waals surface area (Å²) in [5.41, 5.74) is 3.70. The van der Waals surface area contributed by atoms with Crippen LogP contribution >= 0.6 is 0 Å². The molecule has 108 valence electrons. The van der Waals surface area contributed by atoms with Crippen molar-refractivity contribution in [3.05, 3.63) is 59.5 Å². The van der Waals surface area contributed by atoms with Crippen LogP contribution in [0, 0.1) is 0 Å². The predicted octanol–water partition coefficient (Wildman–Crippen LogP) is 3.35. The molecular formula is C17H24N2O. The topological polar surface area (TPSA) is 41.1 Å². The number of amides is 1. The van der Waals surface area contributed by atoms with Gasteiger partial charge in [-0.15, -0.1) is 0 Å². The normalized spacial score (nSPS) is 21.1. The molecule has 1 rings (SSSR count). The van der Waals surface area contributed by atoms with Crippen molar-refractivity contribution in [3.63, 3.8) is 0 Å². The molecule has 3 nitrogen and oxygen atoms in total. The highest BCUT2D eigenvalue weighted by atomic mass is 16.1. The first-order chi connectivity index (χ1) is 9.67. The second-order valence-electron chi connectivity index (χ2n) is 4.50. The molecule has 1 aliphatic heterocycles. The number of rotatable bonds is 5. The second kappa shape index (κ2) is 8.20. The van der Waals surface area contributed by atoms with Gasteiger partial charge in [0.2, 0.25) is 0 Å². The van der Waals surface area contributed by atoms with Crippen LogP contribution in [0.5, 0.6) is 0 Å². The number of carbonyl (C=O) groups is 1. The largest absolute Gasteiger partial charge is 0.356 e. The van der Waals surface area contributed by atoms with Crippen LogP contribution in [-0.4, -0.2) is 12.5 Å². The molecule has 0 bridgehead atoms. The molecular weight excluding hydrogens is 248 g/mol. The Hall–Kier alpha value is -2.03. The van der Waals surface area contributed by atoms with Gasteiger partial charge in [-0.1, -0.05) is 31.7 Å². The second-order valence-corrected chi connectivity index (χ2v) is 4.50. The standard InChI is InChI=1S/C17H24N2O/c1-5-9-13(7-3)19-16(8-4)14-11-12-18-17(20)15(14)10-6-2/h5,7-10,19H,4,6,11-12H2,1-3H3,(H,18,20)/b9-5-,13-7+,15-10+,16-14+. The van der Waals surface area contributed by atoms with Crippen LogP contribution in [-0.2, 0) is 4.79 Å². The minimum Gasteiger partial charge on any atom is -0.356 e. The Balaban J connectivity index is 3.18. The molecule has 1 saturated heterocycles. The molecule has 1 amide bonds. The summed E-state index contributed by atoms with van der Waals surface area (Å²) in [6, 6.07) is 0. The zero-order valence-electron chi connectivity index (χ0n) is 12.6. The number of piperidine rings is 1. The predicted molar refractivity (Wildman–Crippen MR) is 84.9 cm³/mol. The van der Waals surface area contributed by atoms with E-state index in [0.29, 0.717) is 6.54 Å². The van der Waals surface area contributed by atoms with Crippen molar-refractivity contribution in [3.8, 4) is 0 Å². The van der Waals surface area contributed by atoms with E-state index in [1.54, 1.807) is 6.08 Å². The third kappa shape index (κ3) is 3.98. The van der Waals surface area contributed by atoms with Gasteiger partial charge in [-0.25, -0.2) is 0 Å². The Labute approximate surface area is 121 Å². The van der Waals surface area contributed by atoms with Gasteiger partial charge in [0.05, 0.1) is 0 Å². The van der Waals surface area contributed by atoms with Crippen LogP contribution in [0.3, 0.4) is 0 Å². The van der Waals surface area contributed by atoms with E-state index < -0.39 is 0 Å². The maximum Gasteiger partial charge on any atom is 0.251 e. The quantitative estimate of drug-likeness (QED) is 0.595. The summed E-state index contributed by atoms with van der Waals surface area (Å²) < 4.78 is 0. The van der Waals surface area contributed by atoms with Crippen molar-refractivity contribution in [2.45, 2.75) is 33.6 Å². The number of allylic oxidation sites excluding steroid dienone is 5. The first-order valence-corrected chi connectivity index (χ1v) is 7.08. The van der Waals surface area contributed by atoms with E-state index in [2.05, 4.69) is 17.2 Å². The summed E-state index contributed by atoms with van der Waals surface area (Å²) in [6.45, 7) is 10.5. The van der Waals surface area contributed by atoms with Gasteiger partial charge in [0.25, 0.3) is 5.91 Å². The van der Waals surface area contributed by atoms with Gasteiger partial charge in [0.1, 0.15) is 0 Å². The number of carbonyl (C=O) groups excluding carboxylic acids is 1. The average Bonchev–Trinajstić information content (AvgIpc) is 2.46. The monoisotopic (exact) mass is 272 g/mol. The zero-order valence-corrected chi connectivity index (χ0v) is 12.6. The van der Waals surface area contributed by atoms with E-state index in [-0.39, 0.29) is 5.91 Å². The van der Waals surface area contributed by atoms with Crippen molar-refractivity contribution in [1.82, 2.24) is 10.6 Å². The lowest BCUT2D eigenvalue weighted by molar-refractivity contribution is -0.117. The zero-order chi connectivity index (χ0) is 15.0. The molecule has 3 heteroatoms. The maximum atomic E-state index is 12.0. The third-order valence-corrected chi connectivity index (χ3v) is 3.10. The van der Waals surface area contributed by atoms with E-state index in [0.717, 1.165) is 35.4 Å². The number of hydrogen-bond acceptors (Lipinski definition) is 2. The van der Waals surface area contributed by atoms with Crippen molar-refractivity contribution in [2.24, 2.45) is 0 Å². The molecule has 1 fully saturated rings. The molecule has 0 aliphatic carbocycles. The Bertz CT molecular complexity index is 493. The molecule has 0 spiro atoms. The molecule has 0 unspecified atom stereocenters. The summed E-state index contributed by atoms with van der Waals surface area (Å²) in [5, 5.41) is 6.23. The van der Waals surface area contributed by atoms with E-state index in [9.17, 15) is 4.79 Å². The van der Waals surface area contributed by atoms with Gasteiger partial charge < -0.3 is 10.6 Å². The fraction of sp³-hybridized carbons (Fsp3) is 0.353. The molecule has 1 aliphatic rings. The molecule has 2 N–H and O–H groups in total. The Kier molecular flexibility index (Phi) is 6.57. The first kappa shape index (κ1) is 16.0. The Morgan fingerprint density at radius 1 is 1.45 bits per heavy atom. The number of hydrogen-bond donors (Lipinski definition) is 2. The van der Waals surface area contributed by atoms with E-state index >= 15 is 0 Å². The van der Waals surface area contributed by atoms with Crippen LogP contribution in [0.15, 0.2) is 59.5 Å². The highest BCUT2D eigenvalue weighted by Crippen LogP contribution is 2.23. The molecule has 0 atom stereocenters.